The Morgan fingerprint density at radius 2 is 1.94 bits per heavy atom. The number of benzene rings is 1. The number of aromatic nitrogens is 2. The molecule has 3 heterocycles. The van der Waals surface area contributed by atoms with Crippen molar-refractivity contribution in [3.05, 3.63) is 70.3 Å². The summed E-state index contributed by atoms with van der Waals surface area (Å²) in [5.41, 5.74) is 4.03. The van der Waals surface area contributed by atoms with Crippen LogP contribution in [0, 0.1) is 5.92 Å². The van der Waals surface area contributed by atoms with Crippen LogP contribution in [-0.2, 0) is 22.6 Å². The van der Waals surface area contributed by atoms with Gasteiger partial charge in [0.25, 0.3) is 0 Å². The standard InChI is InChI=1S/C25H28N4O2S/c1-16(2)11-23(30)29-14-20-8-5-4-7-18(20)12-22(29)24(31)27-17(3)25-28-21(15-32-25)19-9-6-10-26-13-19/h4-10,13,15-17,22H,11-12,14H2,1-3H3,(H,27,31). The molecule has 0 saturated heterocycles. The maximum Gasteiger partial charge on any atom is 0.243 e. The zero-order valence-electron chi connectivity index (χ0n) is 18.6. The topological polar surface area (TPSA) is 75.2 Å². The van der Waals surface area contributed by atoms with Crippen LogP contribution in [0.5, 0.6) is 0 Å². The lowest BCUT2D eigenvalue weighted by Gasteiger charge is -2.37. The molecule has 2 aromatic heterocycles. The van der Waals surface area contributed by atoms with Gasteiger partial charge in [-0.2, -0.15) is 0 Å². The van der Waals surface area contributed by atoms with E-state index in [9.17, 15) is 9.59 Å². The first kappa shape index (κ1) is 22.1. The summed E-state index contributed by atoms with van der Waals surface area (Å²) < 4.78 is 0. The molecular formula is C25H28N4O2S. The summed E-state index contributed by atoms with van der Waals surface area (Å²) in [6.07, 6.45) is 4.47. The van der Waals surface area contributed by atoms with Crippen LogP contribution in [0.15, 0.2) is 54.2 Å². The monoisotopic (exact) mass is 448 g/mol. The van der Waals surface area contributed by atoms with E-state index in [1.807, 2.05) is 62.5 Å². The third-order valence-corrected chi connectivity index (χ3v) is 6.69. The van der Waals surface area contributed by atoms with E-state index in [0.29, 0.717) is 19.4 Å². The number of fused-ring (bicyclic) bond motifs is 1. The molecule has 3 aromatic rings. The molecule has 0 spiro atoms. The molecule has 1 aliphatic heterocycles. The van der Waals surface area contributed by atoms with Crippen molar-refractivity contribution >= 4 is 23.2 Å². The van der Waals surface area contributed by atoms with Crippen molar-refractivity contribution in [2.75, 3.05) is 0 Å². The van der Waals surface area contributed by atoms with Crippen LogP contribution in [0.2, 0.25) is 0 Å². The summed E-state index contributed by atoms with van der Waals surface area (Å²) in [5.74, 6) is 0.126. The van der Waals surface area contributed by atoms with Crippen LogP contribution >= 0.6 is 11.3 Å². The fourth-order valence-electron chi connectivity index (χ4n) is 3.99. The molecule has 0 aliphatic carbocycles. The molecule has 0 radical (unpaired) electrons. The predicted octanol–water partition coefficient (Wildman–Crippen LogP) is 4.38. The van der Waals surface area contributed by atoms with E-state index in [1.165, 1.54) is 11.3 Å². The lowest BCUT2D eigenvalue weighted by atomic mass is 9.92. The Morgan fingerprint density at radius 3 is 2.66 bits per heavy atom. The quantitative estimate of drug-likeness (QED) is 0.607. The first-order chi connectivity index (χ1) is 15.4. The highest BCUT2D eigenvalue weighted by atomic mass is 32.1. The van der Waals surface area contributed by atoms with E-state index in [-0.39, 0.29) is 23.8 Å². The first-order valence-corrected chi connectivity index (χ1v) is 11.8. The Kier molecular flexibility index (Phi) is 6.65. The maximum absolute atomic E-state index is 13.3. The van der Waals surface area contributed by atoms with Gasteiger partial charge in [0, 0.05) is 42.7 Å². The summed E-state index contributed by atoms with van der Waals surface area (Å²) in [6.45, 7) is 6.45. The molecule has 166 valence electrons. The zero-order valence-corrected chi connectivity index (χ0v) is 19.4. The minimum Gasteiger partial charge on any atom is -0.345 e. The van der Waals surface area contributed by atoms with Gasteiger partial charge >= 0.3 is 0 Å². The van der Waals surface area contributed by atoms with Gasteiger partial charge in [-0.1, -0.05) is 38.1 Å². The van der Waals surface area contributed by atoms with Gasteiger partial charge in [0.15, 0.2) is 0 Å². The van der Waals surface area contributed by atoms with Gasteiger partial charge in [0.2, 0.25) is 11.8 Å². The van der Waals surface area contributed by atoms with Gasteiger partial charge in [-0.3, -0.25) is 14.6 Å². The second kappa shape index (κ2) is 9.61. The van der Waals surface area contributed by atoms with Gasteiger partial charge in [0.1, 0.15) is 11.0 Å². The van der Waals surface area contributed by atoms with E-state index in [1.54, 1.807) is 17.3 Å². The third kappa shape index (κ3) is 4.88. The van der Waals surface area contributed by atoms with E-state index in [2.05, 4.69) is 10.3 Å². The average Bonchev–Trinajstić information content (AvgIpc) is 3.29. The zero-order chi connectivity index (χ0) is 22.7. The van der Waals surface area contributed by atoms with E-state index in [0.717, 1.165) is 27.4 Å². The Labute approximate surface area is 192 Å². The fourth-order valence-corrected chi connectivity index (χ4v) is 4.83. The van der Waals surface area contributed by atoms with Crippen molar-refractivity contribution in [3.8, 4) is 11.3 Å². The molecule has 2 atom stereocenters. The van der Waals surface area contributed by atoms with Crippen LogP contribution in [0.25, 0.3) is 11.3 Å². The second-order valence-electron chi connectivity index (χ2n) is 8.65. The molecule has 32 heavy (non-hydrogen) atoms. The summed E-state index contributed by atoms with van der Waals surface area (Å²) in [5, 5.41) is 5.90. The van der Waals surface area contributed by atoms with Crippen LogP contribution in [0.4, 0.5) is 0 Å². The fraction of sp³-hybridized carbons (Fsp3) is 0.360. The number of pyridine rings is 1. The van der Waals surface area contributed by atoms with Gasteiger partial charge in [-0.25, -0.2) is 4.98 Å². The average molecular weight is 449 g/mol. The van der Waals surface area contributed by atoms with E-state index in [4.69, 9.17) is 4.98 Å². The van der Waals surface area contributed by atoms with Crippen molar-refractivity contribution in [1.82, 2.24) is 20.2 Å². The first-order valence-electron chi connectivity index (χ1n) is 10.9. The Hall–Kier alpha value is -3.06. The summed E-state index contributed by atoms with van der Waals surface area (Å²) in [6, 6.07) is 11.1. The minimum atomic E-state index is -0.517. The Morgan fingerprint density at radius 1 is 1.16 bits per heavy atom. The van der Waals surface area contributed by atoms with Crippen molar-refractivity contribution in [2.24, 2.45) is 5.92 Å². The molecule has 2 unspecified atom stereocenters. The largest absolute Gasteiger partial charge is 0.345 e. The third-order valence-electron chi connectivity index (χ3n) is 5.66. The summed E-state index contributed by atoms with van der Waals surface area (Å²) >= 11 is 1.51. The van der Waals surface area contributed by atoms with Gasteiger partial charge < -0.3 is 10.2 Å². The lowest BCUT2D eigenvalue weighted by molar-refractivity contribution is -0.142. The molecule has 7 heteroatoms. The predicted molar refractivity (Wildman–Crippen MR) is 126 cm³/mol. The van der Waals surface area contributed by atoms with Crippen molar-refractivity contribution < 1.29 is 9.59 Å². The molecule has 0 saturated carbocycles. The van der Waals surface area contributed by atoms with Crippen LogP contribution in [0.3, 0.4) is 0 Å². The smallest absolute Gasteiger partial charge is 0.243 e. The molecule has 6 nitrogen and oxygen atoms in total. The number of nitrogens with zero attached hydrogens (tertiary/aromatic N) is 3. The highest BCUT2D eigenvalue weighted by Crippen LogP contribution is 2.27. The molecule has 1 aromatic carbocycles. The molecule has 1 aliphatic rings. The number of nitrogens with one attached hydrogen (secondary N) is 1. The number of hydrogen-bond acceptors (Lipinski definition) is 5. The lowest BCUT2D eigenvalue weighted by Crippen LogP contribution is -2.53. The maximum atomic E-state index is 13.3. The Balaban J connectivity index is 1.51. The molecule has 4 rings (SSSR count). The number of amides is 2. The number of carbonyl (C=O) groups excluding carboxylic acids is 2. The molecule has 1 N–H and O–H groups in total. The second-order valence-corrected chi connectivity index (χ2v) is 9.54. The van der Waals surface area contributed by atoms with Gasteiger partial charge in [-0.05, 0) is 36.1 Å². The summed E-state index contributed by atoms with van der Waals surface area (Å²) in [4.78, 5) is 36.9. The number of thiazole rings is 1. The van der Waals surface area contributed by atoms with Crippen LogP contribution in [-0.4, -0.2) is 32.7 Å². The van der Waals surface area contributed by atoms with Crippen molar-refractivity contribution in [1.29, 1.82) is 0 Å². The van der Waals surface area contributed by atoms with Gasteiger partial charge in [0.05, 0.1) is 11.7 Å². The van der Waals surface area contributed by atoms with Crippen LogP contribution < -0.4 is 5.32 Å². The minimum absolute atomic E-state index is 0.0235. The van der Waals surface area contributed by atoms with Gasteiger partial charge in [-0.15, -0.1) is 11.3 Å². The molecule has 2 amide bonds. The number of carbonyl (C=O) groups is 2. The number of rotatable bonds is 6. The van der Waals surface area contributed by atoms with Crippen molar-refractivity contribution in [2.45, 2.75) is 52.2 Å². The number of hydrogen-bond donors (Lipinski definition) is 1. The van der Waals surface area contributed by atoms with Crippen molar-refractivity contribution in [3.63, 3.8) is 0 Å². The van der Waals surface area contributed by atoms with E-state index >= 15 is 0 Å². The SMILES string of the molecule is CC(C)CC(=O)N1Cc2ccccc2CC1C(=O)NC(C)c1nc(-c2cccnc2)cs1. The molecular weight excluding hydrogens is 420 g/mol. The normalized spacial score (nSPS) is 16.5. The molecule has 0 fully saturated rings. The Bertz CT molecular complexity index is 1100. The highest BCUT2D eigenvalue weighted by Gasteiger charge is 2.35. The van der Waals surface area contributed by atoms with Crippen LogP contribution in [0.1, 0.15) is 49.4 Å². The highest BCUT2D eigenvalue weighted by molar-refractivity contribution is 7.10. The summed E-state index contributed by atoms with van der Waals surface area (Å²) in [7, 11) is 0. The van der Waals surface area contributed by atoms with E-state index < -0.39 is 6.04 Å². The molecule has 0 bridgehead atoms.